The van der Waals surface area contributed by atoms with E-state index in [1.165, 1.54) is 18.5 Å². The van der Waals surface area contributed by atoms with Crippen molar-refractivity contribution in [1.82, 2.24) is 15.3 Å². The van der Waals surface area contributed by atoms with Crippen molar-refractivity contribution in [3.05, 3.63) is 72.1 Å². The fourth-order valence-corrected chi connectivity index (χ4v) is 3.63. The van der Waals surface area contributed by atoms with Gasteiger partial charge in [-0.2, -0.15) is 0 Å². The number of aromatic nitrogens is 2. The van der Waals surface area contributed by atoms with Crippen LogP contribution in [0.1, 0.15) is 28.8 Å². The molecule has 0 radical (unpaired) electrons. The number of rotatable bonds is 8. The molecule has 1 amide bonds. The maximum Gasteiger partial charge on any atom is 0.220 e. The van der Waals surface area contributed by atoms with Crippen LogP contribution in [-0.2, 0) is 11.2 Å². The first-order valence-corrected chi connectivity index (χ1v) is 10.2. The number of benzene rings is 2. The third-order valence-electron chi connectivity index (χ3n) is 5.25. The van der Waals surface area contributed by atoms with E-state index in [0.29, 0.717) is 34.6 Å². The van der Waals surface area contributed by atoms with Crippen molar-refractivity contribution in [2.75, 3.05) is 13.7 Å². The number of fused-ring (bicyclic) bond motifs is 1. The fourth-order valence-electron chi connectivity index (χ4n) is 3.63. The summed E-state index contributed by atoms with van der Waals surface area (Å²) in [4.78, 5) is 32.5. The standard InChI is InChI=1S/C24H22FN3O4/c1-31-19-4-2-15(3-5-19)22(29)6-7-23(30)28-13-20-9-16-8-18(25)10-21(24(16)32-20)17-11-26-14-27-12-17/h2-5,8,10-12,14,20H,6-7,9,13H2,1H3,(H,28,30). The average molecular weight is 435 g/mol. The maximum absolute atomic E-state index is 14.1. The number of hydrogen-bond acceptors (Lipinski definition) is 6. The molecule has 0 bridgehead atoms. The van der Waals surface area contributed by atoms with Crippen molar-refractivity contribution in [1.29, 1.82) is 0 Å². The van der Waals surface area contributed by atoms with E-state index < -0.39 is 0 Å². The second-order valence-electron chi connectivity index (χ2n) is 7.47. The SMILES string of the molecule is COc1ccc(C(=O)CCC(=O)NCC2Cc3cc(F)cc(-c4cncnc4)c3O2)cc1. The Morgan fingerprint density at radius 2 is 1.91 bits per heavy atom. The highest BCUT2D eigenvalue weighted by Gasteiger charge is 2.27. The lowest BCUT2D eigenvalue weighted by atomic mass is 10.0. The molecule has 0 fully saturated rings. The van der Waals surface area contributed by atoms with Gasteiger partial charge in [-0.25, -0.2) is 14.4 Å². The quantitative estimate of drug-likeness (QED) is 0.546. The molecule has 1 unspecified atom stereocenters. The molecule has 8 heteroatoms. The Balaban J connectivity index is 1.30. The molecule has 2 heterocycles. The molecule has 164 valence electrons. The molecule has 1 aromatic heterocycles. The van der Waals surface area contributed by atoms with Crippen molar-refractivity contribution >= 4 is 11.7 Å². The number of halogens is 1. The first-order chi connectivity index (χ1) is 15.5. The highest BCUT2D eigenvalue weighted by atomic mass is 19.1. The summed E-state index contributed by atoms with van der Waals surface area (Å²) in [6.45, 7) is 0.261. The molecule has 4 rings (SSSR count). The summed E-state index contributed by atoms with van der Waals surface area (Å²) in [5.41, 5.74) is 2.51. The minimum Gasteiger partial charge on any atom is -0.497 e. The summed E-state index contributed by atoms with van der Waals surface area (Å²) in [5, 5.41) is 2.80. The van der Waals surface area contributed by atoms with Crippen molar-refractivity contribution in [2.45, 2.75) is 25.4 Å². The molecule has 1 aliphatic heterocycles. The van der Waals surface area contributed by atoms with Gasteiger partial charge in [-0.15, -0.1) is 0 Å². The zero-order valence-electron chi connectivity index (χ0n) is 17.5. The molecule has 2 aromatic carbocycles. The number of carbonyl (C=O) groups is 2. The average Bonchev–Trinajstić information content (AvgIpc) is 3.24. The predicted molar refractivity (Wildman–Crippen MR) is 115 cm³/mol. The lowest BCUT2D eigenvalue weighted by Gasteiger charge is -2.13. The van der Waals surface area contributed by atoms with E-state index in [4.69, 9.17) is 9.47 Å². The summed E-state index contributed by atoms with van der Waals surface area (Å²) < 4.78 is 25.2. The lowest BCUT2D eigenvalue weighted by molar-refractivity contribution is -0.121. The van der Waals surface area contributed by atoms with Crippen molar-refractivity contribution in [3.63, 3.8) is 0 Å². The van der Waals surface area contributed by atoms with Gasteiger partial charge in [-0.1, -0.05) is 0 Å². The zero-order valence-corrected chi connectivity index (χ0v) is 17.5. The molecular formula is C24H22FN3O4. The molecule has 7 nitrogen and oxygen atoms in total. The van der Waals surface area contributed by atoms with Gasteiger partial charge in [0.25, 0.3) is 0 Å². The fraction of sp³-hybridized carbons (Fsp3) is 0.250. The van der Waals surface area contributed by atoms with Gasteiger partial charge in [0, 0.05) is 53.9 Å². The number of nitrogens with one attached hydrogen (secondary N) is 1. The van der Waals surface area contributed by atoms with Crippen LogP contribution in [0.3, 0.4) is 0 Å². The number of ether oxygens (including phenoxy) is 2. The van der Waals surface area contributed by atoms with Crippen LogP contribution >= 0.6 is 0 Å². The Bertz CT molecular complexity index is 1120. The minimum atomic E-state index is -0.368. The third kappa shape index (κ3) is 4.91. The molecule has 1 aliphatic rings. The van der Waals surface area contributed by atoms with Crippen LogP contribution in [0.5, 0.6) is 11.5 Å². The van der Waals surface area contributed by atoms with E-state index in [1.807, 2.05) is 0 Å². The molecule has 0 spiro atoms. The molecule has 0 saturated carbocycles. The summed E-state index contributed by atoms with van der Waals surface area (Å²) >= 11 is 0. The Labute approximate surface area is 184 Å². The summed E-state index contributed by atoms with van der Waals surface area (Å²) in [6.07, 6.45) is 4.93. The van der Waals surface area contributed by atoms with Gasteiger partial charge >= 0.3 is 0 Å². The Kier molecular flexibility index (Phi) is 6.39. The molecule has 0 saturated heterocycles. The first-order valence-electron chi connectivity index (χ1n) is 10.2. The Hall–Kier alpha value is -3.81. The van der Waals surface area contributed by atoms with Crippen LogP contribution in [0.4, 0.5) is 4.39 Å². The molecule has 0 aliphatic carbocycles. The van der Waals surface area contributed by atoms with Gasteiger partial charge in [-0.3, -0.25) is 9.59 Å². The van der Waals surface area contributed by atoms with Gasteiger partial charge in [0.1, 0.15) is 29.7 Å². The number of methoxy groups -OCH3 is 1. The normalized spacial score (nSPS) is 14.4. The summed E-state index contributed by atoms with van der Waals surface area (Å²) in [5.74, 6) is 0.523. The van der Waals surface area contributed by atoms with Crippen LogP contribution in [-0.4, -0.2) is 41.4 Å². The van der Waals surface area contributed by atoms with Crippen LogP contribution in [0, 0.1) is 5.82 Å². The minimum absolute atomic E-state index is 0.0752. The maximum atomic E-state index is 14.1. The number of hydrogen-bond donors (Lipinski definition) is 1. The van der Waals surface area contributed by atoms with E-state index in [9.17, 15) is 14.0 Å². The van der Waals surface area contributed by atoms with Gasteiger partial charge < -0.3 is 14.8 Å². The number of ketones is 1. The van der Waals surface area contributed by atoms with E-state index in [1.54, 1.807) is 43.8 Å². The molecule has 3 aromatic rings. The molecular weight excluding hydrogens is 413 g/mol. The smallest absolute Gasteiger partial charge is 0.220 e. The van der Waals surface area contributed by atoms with Gasteiger partial charge in [0.15, 0.2) is 5.78 Å². The van der Waals surface area contributed by atoms with Gasteiger partial charge in [0.2, 0.25) is 5.91 Å². The molecule has 1 atom stereocenters. The van der Waals surface area contributed by atoms with Crippen LogP contribution in [0.2, 0.25) is 0 Å². The number of carbonyl (C=O) groups excluding carboxylic acids is 2. The van der Waals surface area contributed by atoms with Crippen LogP contribution in [0.25, 0.3) is 11.1 Å². The number of amides is 1. The Morgan fingerprint density at radius 3 is 2.62 bits per heavy atom. The van der Waals surface area contributed by atoms with E-state index in [-0.39, 0.29) is 43.0 Å². The Morgan fingerprint density at radius 1 is 1.16 bits per heavy atom. The van der Waals surface area contributed by atoms with Crippen molar-refractivity contribution in [2.24, 2.45) is 0 Å². The highest BCUT2D eigenvalue weighted by molar-refractivity contribution is 5.98. The predicted octanol–water partition coefficient (Wildman–Crippen LogP) is 3.37. The zero-order chi connectivity index (χ0) is 22.5. The summed E-state index contributed by atoms with van der Waals surface area (Å²) in [6, 6.07) is 9.61. The third-order valence-corrected chi connectivity index (χ3v) is 5.25. The van der Waals surface area contributed by atoms with E-state index in [2.05, 4.69) is 15.3 Å². The number of Topliss-reactive ketones (excluding diaryl/α,β-unsaturated/α-hetero) is 1. The number of nitrogens with zero attached hydrogens (tertiary/aromatic N) is 2. The first kappa shape index (κ1) is 21.4. The van der Waals surface area contributed by atoms with Crippen molar-refractivity contribution < 1.29 is 23.5 Å². The topological polar surface area (TPSA) is 90.4 Å². The monoisotopic (exact) mass is 435 g/mol. The summed E-state index contributed by atoms with van der Waals surface area (Å²) in [7, 11) is 1.56. The van der Waals surface area contributed by atoms with Crippen LogP contribution in [0.15, 0.2) is 55.1 Å². The van der Waals surface area contributed by atoms with Gasteiger partial charge in [-0.05, 0) is 36.4 Å². The van der Waals surface area contributed by atoms with Gasteiger partial charge in [0.05, 0.1) is 13.7 Å². The van der Waals surface area contributed by atoms with E-state index >= 15 is 0 Å². The molecule has 32 heavy (non-hydrogen) atoms. The van der Waals surface area contributed by atoms with Crippen molar-refractivity contribution in [3.8, 4) is 22.6 Å². The molecule has 1 N–H and O–H groups in total. The lowest BCUT2D eigenvalue weighted by Crippen LogP contribution is -2.34. The second kappa shape index (κ2) is 9.55. The largest absolute Gasteiger partial charge is 0.497 e. The second-order valence-corrected chi connectivity index (χ2v) is 7.47. The van der Waals surface area contributed by atoms with Crippen LogP contribution < -0.4 is 14.8 Å². The van der Waals surface area contributed by atoms with E-state index in [0.717, 1.165) is 5.56 Å². The highest BCUT2D eigenvalue weighted by Crippen LogP contribution is 2.39.